The predicted molar refractivity (Wildman–Crippen MR) is 91.6 cm³/mol. The van der Waals surface area contributed by atoms with E-state index in [9.17, 15) is 13.2 Å². The van der Waals surface area contributed by atoms with E-state index < -0.39 is 16.0 Å². The number of sulfonamides is 1. The third kappa shape index (κ3) is 3.65. The molecule has 2 heterocycles. The number of carboxylic acid groups (broad SMARTS) is 1. The minimum atomic E-state index is -3.50. The Balaban J connectivity index is 1.92. The van der Waals surface area contributed by atoms with Gasteiger partial charge in [-0.25, -0.2) is 23.3 Å². The molecule has 7 nitrogen and oxygen atoms in total. The zero-order chi connectivity index (χ0) is 17.3. The van der Waals surface area contributed by atoms with Crippen molar-refractivity contribution in [1.82, 2.24) is 4.98 Å². The number of nitrogens with two attached hydrogens (primary N) is 1. The van der Waals surface area contributed by atoms with Crippen molar-refractivity contribution in [3.63, 3.8) is 0 Å². The number of hydrogen-bond donors (Lipinski definition) is 2. The first-order chi connectivity index (χ1) is 11.3. The third-order valence-electron chi connectivity index (χ3n) is 4.28. The molecule has 0 aliphatic carbocycles. The van der Waals surface area contributed by atoms with E-state index in [-0.39, 0.29) is 17.2 Å². The topological polar surface area (TPSA) is 114 Å². The molecule has 0 bridgehead atoms. The van der Waals surface area contributed by atoms with Crippen LogP contribution in [0.1, 0.15) is 23.2 Å². The number of hydrogen-bond acceptors (Lipinski definition) is 5. The van der Waals surface area contributed by atoms with Gasteiger partial charge in [-0.05, 0) is 48.4 Å². The molecule has 3 N–H and O–H groups in total. The summed E-state index contributed by atoms with van der Waals surface area (Å²) in [5, 5.41) is 15.9. The average molecular weight is 349 g/mol. The first kappa shape index (κ1) is 16.7. The van der Waals surface area contributed by atoms with Crippen LogP contribution in [0, 0.1) is 5.92 Å². The predicted octanol–water partition coefficient (Wildman–Crippen LogP) is 1.44. The van der Waals surface area contributed by atoms with Crippen molar-refractivity contribution in [2.75, 3.05) is 23.7 Å². The van der Waals surface area contributed by atoms with E-state index in [0.717, 1.165) is 36.0 Å². The Bertz CT molecular complexity index is 882. The molecule has 1 saturated heterocycles. The van der Waals surface area contributed by atoms with Crippen molar-refractivity contribution in [3.05, 3.63) is 36.0 Å². The second-order valence-electron chi connectivity index (χ2n) is 6.16. The average Bonchev–Trinajstić information content (AvgIpc) is 2.52. The minimum absolute atomic E-state index is 0.0240. The molecule has 1 unspecified atom stereocenters. The largest absolute Gasteiger partial charge is 0.478 e. The fourth-order valence-corrected chi connectivity index (χ4v) is 4.20. The van der Waals surface area contributed by atoms with Crippen LogP contribution in [0.2, 0.25) is 0 Å². The number of primary sulfonamides is 1. The molecule has 8 heteroatoms. The van der Waals surface area contributed by atoms with Gasteiger partial charge in [-0.2, -0.15) is 0 Å². The van der Waals surface area contributed by atoms with Crippen molar-refractivity contribution >= 4 is 32.6 Å². The van der Waals surface area contributed by atoms with Crippen molar-refractivity contribution in [2.45, 2.75) is 12.8 Å². The van der Waals surface area contributed by atoms with Gasteiger partial charge in [0.05, 0.1) is 11.3 Å². The van der Waals surface area contributed by atoms with E-state index in [2.05, 4.69) is 9.88 Å². The van der Waals surface area contributed by atoms with Crippen LogP contribution >= 0.6 is 0 Å². The Morgan fingerprint density at radius 1 is 1.38 bits per heavy atom. The number of benzene rings is 1. The van der Waals surface area contributed by atoms with Crippen molar-refractivity contribution in [2.24, 2.45) is 11.1 Å². The Labute approximate surface area is 140 Å². The lowest BCUT2D eigenvalue weighted by atomic mass is 9.99. The normalized spacial score (nSPS) is 18.7. The van der Waals surface area contributed by atoms with E-state index >= 15 is 0 Å². The lowest BCUT2D eigenvalue weighted by molar-refractivity contribution is 0.0697. The Morgan fingerprint density at radius 3 is 2.88 bits per heavy atom. The van der Waals surface area contributed by atoms with Gasteiger partial charge in [0.1, 0.15) is 5.82 Å². The summed E-state index contributed by atoms with van der Waals surface area (Å²) < 4.78 is 22.7. The molecule has 1 atom stereocenters. The number of aromatic carboxylic acids is 1. The van der Waals surface area contributed by atoms with Crippen LogP contribution in [0.3, 0.4) is 0 Å². The smallest absolute Gasteiger partial charge is 0.335 e. The van der Waals surface area contributed by atoms with Crippen molar-refractivity contribution < 1.29 is 18.3 Å². The van der Waals surface area contributed by atoms with Crippen LogP contribution in [0.25, 0.3) is 10.8 Å². The van der Waals surface area contributed by atoms with Gasteiger partial charge in [0.25, 0.3) is 0 Å². The maximum absolute atomic E-state index is 11.3. The number of rotatable bonds is 4. The van der Waals surface area contributed by atoms with Crippen molar-refractivity contribution in [1.29, 1.82) is 0 Å². The molecular formula is C16H19N3O4S. The Hall–Kier alpha value is -2.19. The first-order valence-electron chi connectivity index (χ1n) is 7.71. The number of anilines is 1. The fraction of sp³-hybridized carbons (Fsp3) is 0.375. The summed E-state index contributed by atoms with van der Waals surface area (Å²) in [6.07, 6.45) is 3.33. The molecule has 0 radical (unpaired) electrons. The van der Waals surface area contributed by atoms with Gasteiger partial charge < -0.3 is 10.0 Å². The van der Waals surface area contributed by atoms with Gasteiger partial charge in [0.15, 0.2) is 0 Å². The number of pyridine rings is 1. The highest BCUT2D eigenvalue weighted by molar-refractivity contribution is 7.89. The standard InChI is InChI=1S/C16H19N3O4S/c17-24(22,23)10-11-2-1-7-19(9-11)15-14-4-3-13(16(20)21)8-12(14)5-6-18-15/h3-6,8,11H,1-2,7,9-10H2,(H,20,21)(H2,17,22,23). The molecule has 3 rings (SSSR count). The fourth-order valence-electron chi connectivity index (χ4n) is 3.27. The van der Waals surface area contributed by atoms with Crippen LogP contribution in [-0.2, 0) is 10.0 Å². The van der Waals surface area contributed by atoms with Crippen molar-refractivity contribution in [3.8, 4) is 0 Å². The van der Waals surface area contributed by atoms with Gasteiger partial charge in [0, 0.05) is 24.7 Å². The monoisotopic (exact) mass is 349 g/mol. The minimum Gasteiger partial charge on any atom is -0.478 e. The van der Waals surface area contributed by atoms with Gasteiger partial charge in [0.2, 0.25) is 10.0 Å². The molecule has 128 valence electrons. The summed E-state index contributed by atoms with van der Waals surface area (Å²) in [4.78, 5) is 17.6. The van der Waals surface area contributed by atoms with Gasteiger partial charge >= 0.3 is 5.97 Å². The molecule has 24 heavy (non-hydrogen) atoms. The van der Waals surface area contributed by atoms with Gasteiger partial charge in [-0.3, -0.25) is 0 Å². The maximum Gasteiger partial charge on any atom is 0.335 e. The zero-order valence-corrected chi connectivity index (χ0v) is 13.9. The number of piperidine rings is 1. The molecule has 1 aromatic heterocycles. The second kappa shape index (κ2) is 6.37. The molecule has 1 aromatic carbocycles. The molecular weight excluding hydrogens is 330 g/mol. The molecule has 1 aliphatic heterocycles. The number of carboxylic acids is 1. The number of fused-ring (bicyclic) bond motifs is 1. The van der Waals surface area contributed by atoms with Gasteiger partial charge in [-0.1, -0.05) is 0 Å². The summed E-state index contributed by atoms with van der Waals surface area (Å²) in [6.45, 7) is 1.36. The number of carbonyl (C=O) groups is 1. The third-order valence-corrected chi connectivity index (χ3v) is 5.21. The molecule has 0 amide bonds. The molecule has 1 aliphatic rings. The zero-order valence-electron chi connectivity index (χ0n) is 13.1. The summed E-state index contributed by atoms with van der Waals surface area (Å²) in [5.41, 5.74) is 0.227. The number of nitrogens with zero attached hydrogens (tertiary/aromatic N) is 2. The number of aromatic nitrogens is 1. The highest BCUT2D eigenvalue weighted by Crippen LogP contribution is 2.29. The second-order valence-corrected chi connectivity index (χ2v) is 7.82. The summed E-state index contributed by atoms with van der Waals surface area (Å²) >= 11 is 0. The Kier molecular flexibility index (Phi) is 4.42. The van der Waals surface area contributed by atoms with E-state index in [1.807, 2.05) is 0 Å². The highest BCUT2D eigenvalue weighted by Gasteiger charge is 2.25. The molecule has 2 aromatic rings. The van der Waals surface area contributed by atoms with Crippen LogP contribution in [0.4, 0.5) is 5.82 Å². The van der Waals surface area contributed by atoms with Crippen LogP contribution < -0.4 is 10.0 Å². The summed E-state index contributed by atoms with van der Waals surface area (Å²) in [5.74, 6) is -0.272. The maximum atomic E-state index is 11.3. The van der Waals surface area contributed by atoms with E-state index in [4.69, 9.17) is 10.2 Å². The molecule has 0 spiro atoms. The lowest BCUT2D eigenvalue weighted by Gasteiger charge is -2.33. The van der Waals surface area contributed by atoms with Crippen LogP contribution in [0.5, 0.6) is 0 Å². The molecule has 0 saturated carbocycles. The highest BCUT2D eigenvalue weighted by atomic mass is 32.2. The van der Waals surface area contributed by atoms with E-state index in [1.54, 1.807) is 30.5 Å². The Morgan fingerprint density at radius 2 is 2.17 bits per heavy atom. The summed E-state index contributed by atoms with van der Waals surface area (Å²) in [7, 11) is -3.50. The lowest BCUT2D eigenvalue weighted by Crippen LogP contribution is -2.39. The van der Waals surface area contributed by atoms with E-state index in [1.165, 1.54) is 0 Å². The van der Waals surface area contributed by atoms with Crippen LogP contribution in [0.15, 0.2) is 30.5 Å². The first-order valence-corrected chi connectivity index (χ1v) is 9.42. The SMILES string of the molecule is NS(=O)(=O)CC1CCCN(c2nccc3cc(C(=O)O)ccc23)C1. The van der Waals surface area contributed by atoms with Gasteiger partial charge in [-0.15, -0.1) is 0 Å². The van der Waals surface area contributed by atoms with E-state index in [0.29, 0.717) is 6.54 Å². The summed E-state index contributed by atoms with van der Waals surface area (Å²) in [6, 6.07) is 6.71. The quantitative estimate of drug-likeness (QED) is 0.863. The molecule has 1 fully saturated rings. The van der Waals surface area contributed by atoms with Crippen LogP contribution in [-0.4, -0.2) is 43.3 Å².